The van der Waals surface area contributed by atoms with Gasteiger partial charge in [-0.2, -0.15) is 5.10 Å². The standard InChI is InChI=1S/C22H18N4O3S/c1-30-17-9-7-16(8-10-17)25-20(27)14-29-22(28)18-13-24-26-19(11-12-23-21(18)26)15-5-3-2-4-6-15/h2-13H,14H2,1H3,(H,25,27). The number of anilines is 1. The number of esters is 1. The smallest absolute Gasteiger partial charge is 0.344 e. The minimum absolute atomic E-state index is 0.199. The van der Waals surface area contributed by atoms with Gasteiger partial charge in [0.15, 0.2) is 12.3 Å². The molecule has 0 bridgehead atoms. The van der Waals surface area contributed by atoms with Crippen LogP contribution in [0.5, 0.6) is 0 Å². The summed E-state index contributed by atoms with van der Waals surface area (Å²) in [5.74, 6) is -1.08. The molecule has 2 aromatic carbocycles. The number of hydrogen-bond donors (Lipinski definition) is 1. The monoisotopic (exact) mass is 418 g/mol. The second-order valence-electron chi connectivity index (χ2n) is 6.34. The Kier molecular flexibility index (Phi) is 5.76. The number of carbonyl (C=O) groups is 2. The molecule has 8 heteroatoms. The highest BCUT2D eigenvalue weighted by atomic mass is 32.2. The lowest BCUT2D eigenvalue weighted by molar-refractivity contribution is -0.119. The van der Waals surface area contributed by atoms with Crippen molar-refractivity contribution in [3.05, 3.63) is 78.6 Å². The summed E-state index contributed by atoms with van der Waals surface area (Å²) in [6.45, 7) is -0.404. The summed E-state index contributed by atoms with van der Waals surface area (Å²) in [5.41, 5.74) is 2.95. The Bertz CT molecular complexity index is 1190. The van der Waals surface area contributed by atoms with Gasteiger partial charge in [-0.25, -0.2) is 14.3 Å². The van der Waals surface area contributed by atoms with Crippen molar-refractivity contribution in [3.63, 3.8) is 0 Å². The minimum atomic E-state index is -0.657. The van der Waals surface area contributed by atoms with E-state index in [4.69, 9.17) is 4.74 Å². The van der Waals surface area contributed by atoms with Gasteiger partial charge in [-0.1, -0.05) is 30.3 Å². The summed E-state index contributed by atoms with van der Waals surface area (Å²) in [7, 11) is 0. The molecule has 0 fully saturated rings. The van der Waals surface area contributed by atoms with Gasteiger partial charge in [-0.3, -0.25) is 4.79 Å². The van der Waals surface area contributed by atoms with E-state index in [1.807, 2.05) is 54.8 Å². The molecule has 0 aliphatic rings. The first-order valence-electron chi connectivity index (χ1n) is 9.15. The topological polar surface area (TPSA) is 85.6 Å². The lowest BCUT2D eigenvalue weighted by Gasteiger charge is -2.07. The summed E-state index contributed by atoms with van der Waals surface area (Å²) in [6, 6.07) is 18.9. The van der Waals surface area contributed by atoms with E-state index in [2.05, 4.69) is 15.4 Å². The lowest BCUT2D eigenvalue weighted by Crippen LogP contribution is -2.21. The largest absolute Gasteiger partial charge is 0.452 e. The van der Waals surface area contributed by atoms with Crippen LogP contribution in [0, 0.1) is 0 Å². The molecule has 150 valence electrons. The van der Waals surface area contributed by atoms with Crippen LogP contribution in [0.3, 0.4) is 0 Å². The third kappa shape index (κ3) is 4.18. The zero-order valence-corrected chi connectivity index (χ0v) is 16.9. The number of nitrogens with zero attached hydrogens (tertiary/aromatic N) is 3. The first kappa shape index (κ1) is 19.7. The van der Waals surface area contributed by atoms with Crippen LogP contribution in [0.25, 0.3) is 16.9 Å². The van der Waals surface area contributed by atoms with E-state index in [1.165, 1.54) is 6.20 Å². The van der Waals surface area contributed by atoms with Crippen LogP contribution < -0.4 is 5.32 Å². The second kappa shape index (κ2) is 8.79. The Morgan fingerprint density at radius 1 is 1.07 bits per heavy atom. The van der Waals surface area contributed by atoms with E-state index < -0.39 is 18.5 Å². The van der Waals surface area contributed by atoms with Crippen molar-refractivity contribution >= 4 is 35.0 Å². The van der Waals surface area contributed by atoms with Gasteiger partial charge in [0.1, 0.15) is 5.56 Å². The predicted molar refractivity (Wildman–Crippen MR) is 116 cm³/mol. The number of aromatic nitrogens is 3. The van der Waals surface area contributed by atoms with Crippen LogP contribution in [0.4, 0.5) is 5.69 Å². The quantitative estimate of drug-likeness (QED) is 0.377. The highest BCUT2D eigenvalue weighted by Crippen LogP contribution is 2.21. The number of rotatable bonds is 6. The van der Waals surface area contributed by atoms with Crippen LogP contribution in [0.2, 0.25) is 0 Å². The van der Waals surface area contributed by atoms with E-state index in [1.54, 1.807) is 34.6 Å². The van der Waals surface area contributed by atoms with Crippen LogP contribution in [0.1, 0.15) is 10.4 Å². The van der Waals surface area contributed by atoms with E-state index in [9.17, 15) is 9.59 Å². The first-order chi connectivity index (χ1) is 14.7. The maximum Gasteiger partial charge on any atom is 0.344 e. The van der Waals surface area contributed by atoms with Crippen LogP contribution in [0.15, 0.2) is 78.0 Å². The molecule has 0 unspecified atom stereocenters. The van der Waals surface area contributed by atoms with Gasteiger partial charge in [0.25, 0.3) is 5.91 Å². The zero-order valence-electron chi connectivity index (χ0n) is 16.1. The molecule has 2 aromatic heterocycles. The molecule has 0 aliphatic heterocycles. The molecule has 1 amide bonds. The Morgan fingerprint density at radius 2 is 1.83 bits per heavy atom. The van der Waals surface area contributed by atoms with Crippen molar-refractivity contribution in [2.75, 3.05) is 18.2 Å². The third-order valence-corrected chi connectivity index (χ3v) is 5.14. The van der Waals surface area contributed by atoms with E-state index in [0.29, 0.717) is 11.3 Å². The Hall–Kier alpha value is -3.65. The highest BCUT2D eigenvalue weighted by molar-refractivity contribution is 7.98. The number of hydrogen-bond acceptors (Lipinski definition) is 6. The van der Waals surface area contributed by atoms with Gasteiger partial charge in [0.2, 0.25) is 0 Å². The van der Waals surface area contributed by atoms with Gasteiger partial charge in [0.05, 0.1) is 11.9 Å². The Labute approximate surface area is 177 Å². The summed E-state index contributed by atoms with van der Waals surface area (Å²) in [6.07, 6.45) is 4.99. The Balaban J connectivity index is 1.45. The van der Waals surface area contributed by atoms with Crippen molar-refractivity contribution in [1.82, 2.24) is 14.6 Å². The second-order valence-corrected chi connectivity index (χ2v) is 7.22. The highest BCUT2D eigenvalue weighted by Gasteiger charge is 2.18. The van der Waals surface area contributed by atoms with Crippen LogP contribution in [-0.2, 0) is 9.53 Å². The SMILES string of the molecule is CSc1ccc(NC(=O)COC(=O)c2cnn3c(-c4ccccc4)ccnc23)cc1. The Morgan fingerprint density at radius 3 is 2.57 bits per heavy atom. The molecule has 0 atom stereocenters. The fraction of sp³-hybridized carbons (Fsp3) is 0.0909. The van der Waals surface area contributed by atoms with Gasteiger partial charge in [-0.05, 0) is 36.6 Å². The summed E-state index contributed by atoms with van der Waals surface area (Å²) in [5, 5.41) is 6.98. The van der Waals surface area contributed by atoms with Crippen molar-refractivity contribution in [2.45, 2.75) is 4.90 Å². The molecule has 0 radical (unpaired) electrons. The van der Waals surface area contributed by atoms with Crippen LogP contribution in [-0.4, -0.2) is 39.3 Å². The van der Waals surface area contributed by atoms with E-state index >= 15 is 0 Å². The molecule has 0 saturated carbocycles. The molecule has 4 aromatic rings. The van der Waals surface area contributed by atoms with E-state index in [0.717, 1.165) is 16.2 Å². The maximum atomic E-state index is 12.5. The number of benzene rings is 2. The summed E-state index contributed by atoms with van der Waals surface area (Å²) >= 11 is 1.61. The number of amides is 1. The van der Waals surface area contributed by atoms with Crippen LogP contribution >= 0.6 is 11.8 Å². The minimum Gasteiger partial charge on any atom is -0.452 e. The van der Waals surface area contributed by atoms with Gasteiger partial charge in [0, 0.05) is 22.3 Å². The molecular weight excluding hydrogens is 400 g/mol. The molecule has 2 heterocycles. The lowest BCUT2D eigenvalue weighted by atomic mass is 10.1. The van der Waals surface area contributed by atoms with E-state index in [-0.39, 0.29) is 5.56 Å². The molecule has 30 heavy (non-hydrogen) atoms. The molecule has 4 rings (SSSR count). The van der Waals surface area contributed by atoms with Gasteiger partial charge >= 0.3 is 5.97 Å². The zero-order chi connectivity index (χ0) is 20.9. The fourth-order valence-corrected chi connectivity index (χ4v) is 3.35. The van der Waals surface area contributed by atoms with Crippen molar-refractivity contribution in [3.8, 4) is 11.3 Å². The molecule has 1 N–H and O–H groups in total. The summed E-state index contributed by atoms with van der Waals surface area (Å²) < 4.78 is 6.75. The van der Waals surface area contributed by atoms with Crippen molar-refractivity contribution < 1.29 is 14.3 Å². The number of fused-ring (bicyclic) bond motifs is 1. The molecule has 0 spiro atoms. The van der Waals surface area contributed by atoms with Gasteiger partial charge < -0.3 is 10.1 Å². The maximum absolute atomic E-state index is 12.5. The first-order valence-corrected chi connectivity index (χ1v) is 10.4. The number of ether oxygens (including phenoxy) is 1. The molecule has 0 saturated heterocycles. The number of nitrogens with one attached hydrogen (secondary N) is 1. The number of thioether (sulfide) groups is 1. The van der Waals surface area contributed by atoms with Gasteiger partial charge in [-0.15, -0.1) is 11.8 Å². The molecular formula is C22H18N4O3S. The average Bonchev–Trinajstić information content (AvgIpc) is 3.23. The van der Waals surface area contributed by atoms with Crippen molar-refractivity contribution in [2.24, 2.45) is 0 Å². The fourth-order valence-electron chi connectivity index (χ4n) is 2.94. The third-order valence-electron chi connectivity index (χ3n) is 4.40. The molecule has 0 aliphatic carbocycles. The average molecular weight is 418 g/mol. The number of carbonyl (C=O) groups excluding carboxylic acids is 2. The normalized spacial score (nSPS) is 10.7. The molecule has 7 nitrogen and oxygen atoms in total. The van der Waals surface area contributed by atoms with Crippen molar-refractivity contribution in [1.29, 1.82) is 0 Å². The summed E-state index contributed by atoms with van der Waals surface area (Å²) in [4.78, 5) is 30.0. The predicted octanol–water partition coefficient (Wildman–Crippen LogP) is 3.91.